The Balaban J connectivity index is 1.86. The summed E-state index contributed by atoms with van der Waals surface area (Å²) >= 11 is 1.37. The van der Waals surface area contributed by atoms with Crippen LogP contribution in [0.15, 0.2) is 11.4 Å². The van der Waals surface area contributed by atoms with Gasteiger partial charge in [-0.15, -0.1) is 11.3 Å². The van der Waals surface area contributed by atoms with E-state index in [4.69, 9.17) is 5.26 Å². The van der Waals surface area contributed by atoms with E-state index in [2.05, 4.69) is 28.1 Å². The molecule has 0 unspecified atom stereocenters. The number of hydrogen-bond donors (Lipinski definition) is 2. The van der Waals surface area contributed by atoms with Gasteiger partial charge in [0.05, 0.1) is 18.2 Å². The molecule has 126 valence electrons. The smallest absolute Gasteiger partial charge is 0.239 e. The molecule has 0 spiro atoms. The maximum Gasteiger partial charge on any atom is 0.239 e. The summed E-state index contributed by atoms with van der Waals surface area (Å²) in [5.41, 5.74) is 0.511. The van der Waals surface area contributed by atoms with Crippen molar-refractivity contribution in [3.8, 4) is 6.07 Å². The minimum absolute atomic E-state index is 0.0808. The van der Waals surface area contributed by atoms with E-state index in [1.807, 2.05) is 0 Å². The zero-order valence-electron chi connectivity index (χ0n) is 13.7. The molecule has 0 saturated carbocycles. The number of anilines is 1. The molecular formula is C16H24N4O2S. The number of aliphatic hydroxyl groups is 1. The van der Waals surface area contributed by atoms with E-state index in [0.717, 1.165) is 26.1 Å². The van der Waals surface area contributed by atoms with Crippen LogP contribution >= 0.6 is 11.3 Å². The third-order valence-electron chi connectivity index (χ3n) is 4.06. The Kier molecular flexibility index (Phi) is 6.54. The summed E-state index contributed by atoms with van der Waals surface area (Å²) in [4.78, 5) is 16.6. The fourth-order valence-corrected chi connectivity index (χ4v) is 3.68. The Bertz CT molecular complexity index is 567. The number of carbonyl (C=O) groups excluding carboxylic acids is 1. The van der Waals surface area contributed by atoms with E-state index in [-0.39, 0.29) is 12.0 Å². The fraction of sp³-hybridized carbons (Fsp3) is 0.625. The third-order valence-corrected chi connectivity index (χ3v) is 4.89. The number of nitrogens with zero attached hydrogens (tertiary/aromatic N) is 3. The van der Waals surface area contributed by atoms with Gasteiger partial charge in [-0.3, -0.25) is 14.6 Å². The molecule has 23 heavy (non-hydrogen) atoms. The molecule has 1 aliphatic heterocycles. The predicted octanol–water partition coefficient (Wildman–Crippen LogP) is 1.34. The molecule has 2 heterocycles. The maximum atomic E-state index is 12.2. The lowest BCUT2D eigenvalue weighted by atomic mass is 10.1. The maximum absolute atomic E-state index is 12.2. The van der Waals surface area contributed by atoms with Gasteiger partial charge in [-0.05, 0) is 24.8 Å². The molecule has 1 aromatic heterocycles. The van der Waals surface area contributed by atoms with Gasteiger partial charge in [0.25, 0.3) is 0 Å². The molecule has 1 amide bonds. The average Bonchev–Trinajstić information content (AvgIpc) is 2.95. The molecule has 2 N–H and O–H groups in total. The third kappa shape index (κ3) is 5.01. The first-order valence-electron chi connectivity index (χ1n) is 7.95. The highest BCUT2D eigenvalue weighted by molar-refractivity contribution is 7.14. The van der Waals surface area contributed by atoms with Gasteiger partial charge >= 0.3 is 0 Å². The number of aliphatic hydroxyl groups excluding tert-OH is 1. The van der Waals surface area contributed by atoms with Crippen molar-refractivity contribution in [1.29, 1.82) is 5.26 Å². The molecule has 1 fully saturated rings. The lowest BCUT2D eigenvalue weighted by molar-refractivity contribution is -0.118. The summed E-state index contributed by atoms with van der Waals surface area (Å²) in [7, 11) is 0. The Morgan fingerprint density at radius 3 is 3.04 bits per heavy atom. The first kappa shape index (κ1) is 17.9. The molecular weight excluding hydrogens is 312 g/mol. The summed E-state index contributed by atoms with van der Waals surface area (Å²) < 4.78 is 0. The van der Waals surface area contributed by atoms with Gasteiger partial charge in [-0.1, -0.05) is 6.92 Å². The van der Waals surface area contributed by atoms with E-state index in [0.29, 0.717) is 29.7 Å². The fourth-order valence-electron chi connectivity index (χ4n) is 2.93. The van der Waals surface area contributed by atoms with Gasteiger partial charge in [-0.2, -0.15) is 5.26 Å². The van der Waals surface area contributed by atoms with E-state index in [1.54, 1.807) is 18.4 Å². The second kappa shape index (κ2) is 8.41. The minimum atomic E-state index is -0.331. The number of rotatable bonds is 6. The first-order valence-corrected chi connectivity index (χ1v) is 8.83. The molecule has 2 atom stereocenters. The van der Waals surface area contributed by atoms with Gasteiger partial charge in [0.1, 0.15) is 11.1 Å². The van der Waals surface area contributed by atoms with Gasteiger partial charge in [0.15, 0.2) is 0 Å². The second-order valence-corrected chi connectivity index (χ2v) is 6.88. The molecule has 0 bridgehead atoms. The van der Waals surface area contributed by atoms with Crippen molar-refractivity contribution in [2.45, 2.75) is 32.4 Å². The van der Waals surface area contributed by atoms with Crippen LogP contribution in [0.2, 0.25) is 0 Å². The van der Waals surface area contributed by atoms with Crippen molar-refractivity contribution in [3.63, 3.8) is 0 Å². The highest BCUT2D eigenvalue weighted by Crippen LogP contribution is 2.22. The molecule has 0 aromatic carbocycles. The average molecular weight is 336 g/mol. The Hall–Kier alpha value is -1.46. The van der Waals surface area contributed by atoms with Crippen molar-refractivity contribution in [3.05, 3.63) is 17.0 Å². The summed E-state index contributed by atoms with van der Waals surface area (Å²) in [6.45, 7) is 7.45. The van der Waals surface area contributed by atoms with Crippen LogP contribution in [0.5, 0.6) is 0 Å². The van der Waals surface area contributed by atoms with Crippen molar-refractivity contribution >= 4 is 22.2 Å². The lowest BCUT2D eigenvalue weighted by Crippen LogP contribution is -2.55. The van der Waals surface area contributed by atoms with Crippen LogP contribution in [-0.4, -0.2) is 65.7 Å². The highest BCUT2D eigenvalue weighted by Gasteiger charge is 2.27. The quantitative estimate of drug-likeness (QED) is 0.819. The van der Waals surface area contributed by atoms with Crippen molar-refractivity contribution in [2.75, 3.05) is 38.0 Å². The van der Waals surface area contributed by atoms with Crippen LogP contribution in [0.3, 0.4) is 0 Å². The Morgan fingerprint density at radius 1 is 1.61 bits per heavy atom. The van der Waals surface area contributed by atoms with E-state index in [1.165, 1.54) is 11.3 Å². The number of carbonyl (C=O) groups is 1. The summed E-state index contributed by atoms with van der Waals surface area (Å²) in [5.74, 6) is -0.0808. The number of thiophene rings is 1. The van der Waals surface area contributed by atoms with Gasteiger partial charge in [0, 0.05) is 32.2 Å². The van der Waals surface area contributed by atoms with Crippen LogP contribution in [0, 0.1) is 11.3 Å². The standard InChI is InChI=1S/C16H24N4O2S/c1-3-14-10-19(5-6-20(14)9-12(2)21)11-15(22)18-16-13(8-17)4-7-23-16/h4,7,12,14,21H,3,5-6,9-11H2,1-2H3,(H,18,22)/t12-,14-/m1/s1. The van der Waals surface area contributed by atoms with E-state index in [9.17, 15) is 9.90 Å². The lowest BCUT2D eigenvalue weighted by Gasteiger charge is -2.41. The van der Waals surface area contributed by atoms with Crippen LogP contribution < -0.4 is 5.32 Å². The van der Waals surface area contributed by atoms with Crippen molar-refractivity contribution < 1.29 is 9.90 Å². The van der Waals surface area contributed by atoms with Crippen LogP contribution in [0.4, 0.5) is 5.00 Å². The minimum Gasteiger partial charge on any atom is -0.392 e. The Morgan fingerprint density at radius 2 is 2.39 bits per heavy atom. The summed E-state index contributed by atoms with van der Waals surface area (Å²) in [5, 5.41) is 23.8. The number of nitrogens with one attached hydrogen (secondary N) is 1. The SMILES string of the molecule is CC[C@@H]1CN(CC(=O)Nc2sccc2C#N)CCN1C[C@@H](C)O. The van der Waals surface area contributed by atoms with Crippen molar-refractivity contribution in [1.82, 2.24) is 9.80 Å². The molecule has 1 aromatic rings. The summed E-state index contributed by atoms with van der Waals surface area (Å²) in [6, 6.07) is 4.15. The largest absolute Gasteiger partial charge is 0.392 e. The molecule has 0 radical (unpaired) electrons. The highest BCUT2D eigenvalue weighted by atomic mass is 32.1. The molecule has 0 aliphatic carbocycles. The predicted molar refractivity (Wildman–Crippen MR) is 91.4 cm³/mol. The Labute approximate surface area is 141 Å². The van der Waals surface area contributed by atoms with E-state index >= 15 is 0 Å². The molecule has 6 nitrogen and oxygen atoms in total. The van der Waals surface area contributed by atoms with Crippen molar-refractivity contribution in [2.24, 2.45) is 0 Å². The topological polar surface area (TPSA) is 79.6 Å². The van der Waals surface area contributed by atoms with Gasteiger partial charge < -0.3 is 10.4 Å². The van der Waals surface area contributed by atoms with Crippen LogP contribution in [0.1, 0.15) is 25.8 Å². The molecule has 2 rings (SSSR count). The van der Waals surface area contributed by atoms with Crippen LogP contribution in [0.25, 0.3) is 0 Å². The molecule has 1 aliphatic rings. The van der Waals surface area contributed by atoms with Gasteiger partial charge in [-0.25, -0.2) is 0 Å². The normalized spacial score (nSPS) is 20.9. The number of piperazine rings is 1. The monoisotopic (exact) mass is 336 g/mol. The summed E-state index contributed by atoms with van der Waals surface area (Å²) in [6.07, 6.45) is 0.663. The molecule has 1 saturated heterocycles. The number of hydrogen-bond acceptors (Lipinski definition) is 6. The second-order valence-electron chi connectivity index (χ2n) is 5.96. The zero-order chi connectivity index (χ0) is 16.8. The first-order chi connectivity index (χ1) is 11.0. The number of amides is 1. The number of nitriles is 1. The number of β-amino-alcohol motifs (C(OH)–C–C–N with tert-alkyl or cyclic N) is 1. The van der Waals surface area contributed by atoms with E-state index < -0.39 is 0 Å². The molecule has 7 heteroatoms. The van der Waals surface area contributed by atoms with Crippen LogP contribution in [-0.2, 0) is 4.79 Å². The van der Waals surface area contributed by atoms with Gasteiger partial charge in [0.2, 0.25) is 5.91 Å². The zero-order valence-corrected chi connectivity index (χ0v) is 14.5.